The number of rotatable bonds is 3. The predicted octanol–water partition coefficient (Wildman–Crippen LogP) is 2.32. The summed E-state index contributed by atoms with van der Waals surface area (Å²) in [6.45, 7) is 0. The number of benzene rings is 2. The van der Waals surface area contributed by atoms with Gasteiger partial charge in [0.25, 0.3) is 10.0 Å². The molecule has 6 nitrogen and oxygen atoms in total. The van der Waals surface area contributed by atoms with E-state index in [9.17, 15) is 18.0 Å². The number of hydrogen-bond acceptors (Lipinski definition) is 4. The van der Waals surface area contributed by atoms with Crippen LogP contribution in [0.25, 0.3) is 0 Å². The van der Waals surface area contributed by atoms with E-state index in [0.717, 1.165) is 6.07 Å². The van der Waals surface area contributed by atoms with Crippen molar-refractivity contribution in [1.82, 2.24) is 0 Å². The van der Waals surface area contributed by atoms with Crippen LogP contribution in [0.5, 0.6) is 0 Å². The Labute approximate surface area is 137 Å². The first-order valence-corrected chi connectivity index (χ1v) is 8.32. The Kier molecular flexibility index (Phi) is 3.86. The highest BCUT2D eigenvalue weighted by Crippen LogP contribution is 2.21. The van der Waals surface area contributed by atoms with E-state index in [1.165, 1.54) is 30.4 Å². The summed E-state index contributed by atoms with van der Waals surface area (Å²) >= 11 is 0. The first kappa shape index (κ1) is 15.8. The zero-order chi connectivity index (χ0) is 17.3. The smallest absolute Gasteiger partial charge is 0.335 e. The molecule has 2 aromatic carbocycles. The standard InChI is InChI=1S/C17H11NO5S/c19-16-9-8-15(13-6-1-2-7-14(13)16)18-24(22,23)12-5-3-4-11(10-12)17(20)21/h1-10H,(H,20,21). The molecule has 1 N–H and O–H groups in total. The van der Waals surface area contributed by atoms with Crippen LogP contribution in [0.3, 0.4) is 0 Å². The summed E-state index contributed by atoms with van der Waals surface area (Å²) in [7, 11) is -4.11. The van der Waals surface area contributed by atoms with E-state index in [1.807, 2.05) is 0 Å². The second-order valence-electron chi connectivity index (χ2n) is 5.03. The summed E-state index contributed by atoms with van der Waals surface area (Å²) in [5.74, 6) is -1.46. The number of carbonyl (C=O) groups excluding carboxylic acids is 1. The Morgan fingerprint density at radius 2 is 1.67 bits per heavy atom. The number of carbonyl (C=O) groups is 2. The summed E-state index contributed by atoms with van der Waals surface area (Å²) < 4.78 is 28.7. The minimum absolute atomic E-state index is 0.130. The van der Waals surface area contributed by atoms with Crippen LogP contribution in [-0.4, -0.2) is 31.0 Å². The number of fused-ring (bicyclic) bond motifs is 1. The molecule has 0 spiro atoms. The molecule has 0 heterocycles. The largest absolute Gasteiger partial charge is 0.478 e. The monoisotopic (exact) mass is 341 g/mol. The lowest BCUT2D eigenvalue weighted by Gasteiger charge is -2.11. The minimum Gasteiger partial charge on any atom is -0.478 e. The number of carboxylic acid groups (broad SMARTS) is 1. The van der Waals surface area contributed by atoms with Gasteiger partial charge in [-0.25, -0.2) is 4.79 Å². The summed E-state index contributed by atoms with van der Waals surface area (Å²) in [5.41, 5.74) is 0.771. The minimum atomic E-state index is -4.11. The van der Waals surface area contributed by atoms with Gasteiger partial charge in [-0.3, -0.25) is 4.79 Å². The molecule has 0 radical (unpaired) electrons. The van der Waals surface area contributed by atoms with Crippen molar-refractivity contribution in [2.45, 2.75) is 4.90 Å². The van der Waals surface area contributed by atoms with Gasteiger partial charge < -0.3 is 5.11 Å². The first-order valence-electron chi connectivity index (χ1n) is 6.88. The Bertz CT molecular complexity index is 1020. The number of nitrogens with zero attached hydrogens (tertiary/aromatic N) is 1. The lowest BCUT2D eigenvalue weighted by molar-refractivity contribution is 0.0696. The summed E-state index contributed by atoms with van der Waals surface area (Å²) in [4.78, 5) is 22.6. The molecule has 3 rings (SSSR count). The molecule has 0 saturated carbocycles. The van der Waals surface area contributed by atoms with Crippen molar-refractivity contribution in [3.63, 3.8) is 0 Å². The van der Waals surface area contributed by atoms with Crippen LogP contribution in [0.2, 0.25) is 0 Å². The Morgan fingerprint density at radius 3 is 2.38 bits per heavy atom. The van der Waals surface area contributed by atoms with Crippen molar-refractivity contribution >= 4 is 27.5 Å². The van der Waals surface area contributed by atoms with Crippen LogP contribution < -0.4 is 0 Å². The summed E-state index contributed by atoms with van der Waals surface area (Å²) in [6, 6.07) is 11.5. The quantitative estimate of drug-likeness (QED) is 0.923. The molecule has 0 amide bonds. The van der Waals surface area contributed by atoms with E-state index in [1.54, 1.807) is 24.3 Å². The fourth-order valence-corrected chi connectivity index (χ4v) is 3.36. The van der Waals surface area contributed by atoms with Crippen LogP contribution in [0.1, 0.15) is 26.3 Å². The third-order valence-electron chi connectivity index (χ3n) is 3.46. The van der Waals surface area contributed by atoms with E-state index >= 15 is 0 Å². The van der Waals surface area contributed by atoms with Gasteiger partial charge in [-0.2, -0.15) is 12.8 Å². The maximum atomic E-state index is 12.5. The number of carboxylic acids is 1. The SMILES string of the molecule is O=C(O)c1cccc(S(=O)(=O)N=C2C=CC(=O)c3ccccc32)c1. The fourth-order valence-electron chi connectivity index (χ4n) is 2.31. The van der Waals surface area contributed by atoms with Gasteiger partial charge in [0.05, 0.1) is 16.2 Å². The molecular formula is C17H11NO5S. The Hall–Kier alpha value is -3.06. The predicted molar refractivity (Wildman–Crippen MR) is 87.0 cm³/mol. The van der Waals surface area contributed by atoms with Gasteiger partial charge in [0.15, 0.2) is 5.78 Å². The number of allylic oxidation sites excluding steroid dienone is 2. The molecular weight excluding hydrogens is 330 g/mol. The van der Waals surface area contributed by atoms with Crippen LogP contribution in [0, 0.1) is 0 Å². The van der Waals surface area contributed by atoms with Gasteiger partial charge in [0, 0.05) is 11.1 Å². The summed E-state index contributed by atoms with van der Waals surface area (Å²) in [5, 5.41) is 8.98. The van der Waals surface area contributed by atoms with Gasteiger partial charge in [-0.1, -0.05) is 30.3 Å². The molecule has 0 bridgehead atoms. The van der Waals surface area contributed by atoms with Crippen molar-refractivity contribution in [3.05, 3.63) is 77.4 Å². The van der Waals surface area contributed by atoms with Gasteiger partial charge in [0.2, 0.25) is 0 Å². The van der Waals surface area contributed by atoms with E-state index < -0.39 is 16.0 Å². The maximum Gasteiger partial charge on any atom is 0.335 e. The third-order valence-corrected chi connectivity index (χ3v) is 4.75. The average molecular weight is 341 g/mol. The van der Waals surface area contributed by atoms with E-state index in [-0.39, 0.29) is 22.0 Å². The molecule has 1 aliphatic rings. The highest BCUT2D eigenvalue weighted by Gasteiger charge is 2.21. The molecule has 7 heteroatoms. The average Bonchev–Trinajstić information content (AvgIpc) is 2.58. The van der Waals surface area contributed by atoms with E-state index in [2.05, 4.69) is 4.40 Å². The molecule has 0 aliphatic heterocycles. The van der Waals surface area contributed by atoms with Gasteiger partial charge >= 0.3 is 5.97 Å². The number of sulfonamides is 1. The molecule has 120 valence electrons. The lowest BCUT2D eigenvalue weighted by Crippen LogP contribution is -2.14. The Balaban J connectivity index is 2.11. The van der Waals surface area contributed by atoms with Crippen LogP contribution in [0.15, 0.2) is 70.0 Å². The normalized spacial score (nSPS) is 15.3. The van der Waals surface area contributed by atoms with Crippen molar-refractivity contribution in [3.8, 4) is 0 Å². The second kappa shape index (κ2) is 5.86. The third kappa shape index (κ3) is 2.89. The molecule has 0 unspecified atom stereocenters. The number of hydrogen-bond donors (Lipinski definition) is 1. The highest BCUT2D eigenvalue weighted by atomic mass is 32.2. The molecule has 24 heavy (non-hydrogen) atoms. The molecule has 0 aromatic heterocycles. The van der Waals surface area contributed by atoms with Crippen LogP contribution >= 0.6 is 0 Å². The first-order chi connectivity index (χ1) is 11.4. The number of aromatic carboxylic acids is 1. The second-order valence-corrected chi connectivity index (χ2v) is 6.63. The maximum absolute atomic E-state index is 12.5. The van der Waals surface area contributed by atoms with Crippen molar-refractivity contribution in [2.75, 3.05) is 0 Å². The molecule has 0 atom stereocenters. The van der Waals surface area contributed by atoms with E-state index in [0.29, 0.717) is 11.1 Å². The topological polar surface area (TPSA) is 101 Å². The van der Waals surface area contributed by atoms with Gasteiger partial charge in [-0.05, 0) is 30.4 Å². The zero-order valence-corrected chi connectivity index (χ0v) is 13.0. The Morgan fingerprint density at radius 1 is 0.958 bits per heavy atom. The van der Waals surface area contributed by atoms with Crippen molar-refractivity contribution in [2.24, 2.45) is 4.40 Å². The molecule has 0 saturated heterocycles. The molecule has 2 aromatic rings. The van der Waals surface area contributed by atoms with Gasteiger partial charge in [0.1, 0.15) is 0 Å². The fraction of sp³-hybridized carbons (Fsp3) is 0. The molecule has 1 aliphatic carbocycles. The summed E-state index contributed by atoms with van der Waals surface area (Å²) in [6.07, 6.45) is 2.59. The zero-order valence-electron chi connectivity index (χ0n) is 12.2. The number of ketones is 1. The van der Waals surface area contributed by atoms with E-state index in [4.69, 9.17) is 5.11 Å². The van der Waals surface area contributed by atoms with Crippen molar-refractivity contribution < 1.29 is 23.1 Å². The highest BCUT2D eigenvalue weighted by molar-refractivity contribution is 7.90. The van der Waals surface area contributed by atoms with Crippen molar-refractivity contribution in [1.29, 1.82) is 0 Å². The lowest BCUT2D eigenvalue weighted by atomic mass is 9.95. The van der Waals surface area contributed by atoms with Gasteiger partial charge in [-0.15, -0.1) is 0 Å². The van der Waals surface area contributed by atoms with Crippen LogP contribution in [-0.2, 0) is 10.0 Å². The molecule has 0 fully saturated rings. The van der Waals surface area contributed by atoms with Crippen LogP contribution in [0.4, 0.5) is 0 Å².